The molecule has 0 bridgehead atoms. The van der Waals surface area contributed by atoms with Crippen LogP contribution in [0.3, 0.4) is 0 Å². The lowest BCUT2D eigenvalue weighted by molar-refractivity contribution is -0.118. The molecule has 1 aliphatic carbocycles. The third-order valence-corrected chi connectivity index (χ3v) is 3.49. The van der Waals surface area contributed by atoms with Gasteiger partial charge in [-0.25, -0.2) is 0 Å². The molecule has 0 aromatic heterocycles. The van der Waals surface area contributed by atoms with E-state index in [1.807, 2.05) is 18.2 Å². The van der Waals surface area contributed by atoms with Gasteiger partial charge in [-0.05, 0) is 40.5 Å². The van der Waals surface area contributed by atoms with Gasteiger partial charge in [0.2, 0.25) is 5.91 Å². The van der Waals surface area contributed by atoms with Gasteiger partial charge in [0.25, 0.3) is 0 Å². The fourth-order valence-corrected chi connectivity index (χ4v) is 2.44. The number of carbonyl (C=O) groups is 1. The van der Waals surface area contributed by atoms with Crippen molar-refractivity contribution in [3.63, 3.8) is 0 Å². The molecule has 0 heterocycles. The van der Waals surface area contributed by atoms with Crippen molar-refractivity contribution in [3.05, 3.63) is 34.8 Å². The number of carbonyl (C=O) groups excluding carboxylic acids is 1. The number of ether oxygens (including phenoxy) is 1. The summed E-state index contributed by atoms with van der Waals surface area (Å²) < 4.78 is 5.94. The Morgan fingerprint density at radius 2 is 2.28 bits per heavy atom. The first-order valence-corrected chi connectivity index (χ1v) is 6.48. The van der Waals surface area contributed by atoms with E-state index in [0.29, 0.717) is 6.42 Å². The number of anilines is 1. The molecule has 1 aromatic carbocycles. The van der Waals surface area contributed by atoms with Crippen molar-refractivity contribution >= 4 is 27.5 Å². The number of rotatable bonds is 3. The average Bonchev–Trinajstić information content (AvgIpc) is 2.76. The van der Waals surface area contributed by atoms with E-state index in [9.17, 15) is 4.79 Å². The first kappa shape index (κ1) is 13.1. The predicted molar refractivity (Wildman–Crippen MR) is 74.5 cm³/mol. The van der Waals surface area contributed by atoms with Crippen LogP contribution >= 0.6 is 15.9 Å². The number of hydrogen-bond acceptors (Lipinski definition) is 3. The smallest absolute Gasteiger partial charge is 0.231 e. The van der Waals surface area contributed by atoms with Crippen molar-refractivity contribution in [3.8, 4) is 5.75 Å². The van der Waals surface area contributed by atoms with Crippen molar-refractivity contribution < 1.29 is 9.53 Å². The largest absolute Gasteiger partial charge is 0.496 e. The topological polar surface area (TPSA) is 64.3 Å². The molecule has 1 aromatic rings. The summed E-state index contributed by atoms with van der Waals surface area (Å²) in [6, 6.07) is 5.41. The SMILES string of the molecule is COc1ccc(NC(=O)C2C=CC(N)C2)cc1Br. The molecule has 2 unspecified atom stereocenters. The standard InChI is InChI=1S/C13H15BrN2O2/c1-18-12-5-4-10(7-11(12)14)16-13(17)8-2-3-9(15)6-8/h2-5,7-9H,6,15H2,1H3,(H,16,17). The number of methoxy groups -OCH3 is 1. The van der Waals surface area contributed by atoms with Crippen LogP contribution in [0.15, 0.2) is 34.8 Å². The van der Waals surface area contributed by atoms with Crippen molar-refractivity contribution in [2.45, 2.75) is 12.5 Å². The van der Waals surface area contributed by atoms with Gasteiger partial charge in [-0.15, -0.1) is 0 Å². The third kappa shape index (κ3) is 2.91. The summed E-state index contributed by atoms with van der Waals surface area (Å²) in [6.07, 6.45) is 4.40. The Morgan fingerprint density at radius 1 is 1.50 bits per heavy atom. The molecule has 2 atom stereocenters. The highest BCUT2D eigenvalue weighted by Crippen LogP contribution is 2.28. The molecular weight excluding hydrogens is 296 g/mol. The van der Waals surface area contributed by atoms with Gasteiger partial charge in [-0.1, -0.05) is 12.2 Å². The Bertz CT molecular complexity index is 488. The molecule has 0 spiro atoms. The normalized spacial score (nSPS) is 21.9. The second-order valence-electron chi connectivity index (χ2n) is 4.23. The van der Waals surface area contributed by atoms with E-state index in [1.165, 1.54) is 0 Å². The second kappa shape index (κ2) is 5.54. The van der Waals surface area contributed by atoms with E-state index in [2.05, 4.69) is 21.2 Å². The lowest BCUT2D eigenvalue weighted by Gasteiger charge is -2.11. The van der Waals surface area contributed by atoms with Crippen molar-refractivity contribution in [1.29, 1.82) is 0 Å². The summed E-state index contributed by atoms with van der Waals surface area (Å²) >= 11 is 3.38. The molecule has 18 heavy (non-hydrogen) atoms. The van der Waals surface area contributed by atoms with Crippen LogP contribution in [-0.2, 0) is 4.79 Å². The Balaban J connectivity index is 2.03. The van der Waals surface area contributed by atoms with E-state index in [0.717, 1.165) is 15.9 Å². The molecule has 0 saturated heterocycles. The van der Waals surface area contributed by atoms with Gasteiger partial charge >= 0.3 is 0 Å². The van der Waals surface area contributed by atoms with Crippen LogP contribution in [0.25, 0.3) is 0 Å². The molecule has 0 radical (unpaired) electrons. The van der Waals surface area contributed by atoms with Gasteiger partial charge in [0, 0.05) is 11.7 Å². The zero-order valence-electron chi connectivity index (χ0n) is 10.0. The molecule has 1 amide bonds. The molecule has 5 heteroatoms. The van der Waals surface area contributed by atoms with Crippen LogP contribution in [0.2, 0.25) is 0 Å². The first-order valence-electron chi connectivity index (χ1n) is 5.68. The van der Waals surface area contributed by atoms with Crippen molar-refractivity contribution in [2.75, 3.05) is 12.4 Å². The molecular formula is C13H15BrN2O2. The highest BCUT2D eigenvalue weighted by Gasteiger charge is 2.22. The molecule has 96 valence electrons. The summed E-state index contributed by atoms with van der Waals surface area (Å²) in [6.45, 7) is 0. The van der Waals surface area contributed by atoms with Crippen molar-refractivity contribution in [1.82, 2.24) is 0 Å². The van der Waals surface area contributed by atoms with E-state index in [-0.39, 0.29) is 17.9 Å². The molecule has 0 fully saturated rings. The van der Waals surface area contributed by atoms with Gasteiger partial charge in [0.1, 0.15) is 5.75 Å². The molecule has 0 aliphatic heterocycles. The number of hydrogen-bond donors (Lipinski definition) is 2. The summed E-state index contributed by atoms with van der Waals surface area (Å²) in [4.78, 5) is 12.0. The number of amides is 1. The van der Waals surface area contributed by atoms with Crippen molar-refractivity contribution in [2.24, 2.45) is 11.7 Å². The zero-order chi connectivity index (χ0) is 13.1. The maximum absolute atomic E-state index is 12.0. The maximum Gasteiger partial charge on any atom is 0.231 e. The summed E-state index contributed by atoms with van der Waals surface area (Å²) in [5.41, 5.74) is 6.47. The van der Waals surface area contributed by atoms with E-state index < -0.39 is 0 Å². The maximum atomic E-state index is 12.0. The molecule has 2 rings (SSSR count). The van der Waals surface area contributed by atoms with Crippen LogP contribution in [0.5, 0.6) is 5.75 Å². The lowest BCUT2D eigenvalue weighted by Crippen LogP contribution is -2.23. The summed E-state index contributed by atoms with van der Waals surface area (Å²) in [7, 11) is 1.60. The average molecular weight is 311 g/mol. The van der Waals surface area contributed by atoms with E-state index in [4.69, 9.17) is 10.5 Å². The Hall–Kier alpha value is -1.33. The number of nitrogens with one attached hydrogen (secondary N) is 1. The van der Waals surface area contributed by atoms with Gasteiger partial charge in [-0.3, -0.25) is 4.79 Å². The minimum Gasteiger partial charge on any atom is -0.496 e. The van der Waals surface area contributed by atoms with Crippen LogP contribution in [0.1, 0.15) is 6.42 Å². The lowest BCUT2D eigenvalue weighted by atomic mass is 10.1. The van der Waals surface area contributed by atoms with Crippen LogP contribution in [-0.4, -0.2) is 19.1 Å². The van der Waals surface area contributed by atoms with Crippen LogP contribution in [0.4, 0.5) is 5.69 Å². The van der Waals surface area contributed by atoms with Crippen LogP contribution in [0, 0.1) is 5.92 Å². The highest BCUT2D eigenvalue weighted by atomic mass is 79.9. The Morgan fingerprint density at radius 3 is 2.83 bits per heavy atom. The number of nitrogens with two attached hydrogens (primary N) is 1. The van der Waals surface area contributed by atoms with Gasteiger partial charge < -0.3 is 15.8 Å². The van der Waals surface area contributed by atoms with E-state index >= 15 is 0 Å². The van der Waals surface area contributed by atoms with Gasteiger partial charge in [-0.2, -0.15) is 0 Å². The third-order valence-electron chi connectivity index (χ3n) is 2.87. The Labute approximate surface area is 114 Å². The number of benzene rings is 1. The second-order valence-corrected chi connectivity index (χ2v) is 5.08. The molecule has 4 nitrogen and oxygen atoms in total. The van der Waals surface area contributed by atoms with Gasteiger partial charge in [0.15, 0.2) is 0 Å². The first-order chi connectivity index (χ1) is 8.60. The summed E-state index contributed by atoms with van der Waals surface area (Å²) in [5, 5.41) is 2.87. The molecule has 1 aliphatic rings. The molecule has 3 N–H and O–H groups in total. The van der Waals surface area contributed by atoms with Crippen LogP contribution < -0.4 is 15.8 Å². The quantitative estimate of drug-likeness (QED) is 0.842. The predicted octanol–water partition coefficient (Wildman–Crippen LogP) is 2.30. The number of halogens is 1. The zero-order valence-corrected chi connectivity index (χ0v) is 11.6. The van der Waals surface area contributed by atoms with Gasteiger partial charge in [0.05, 0.1) is 17.5 Å². The minimum absolute atomic E-state index is 0.0108. The summed E-state index contributed by atoms with van der Waals surface area (Å²) in [5.74, 6) is 0.563. The van der Waals surface area contributed by atoms with E-state index in [1.54, 1.807) is 19.2 Å². The minimum atomic E-state index is -0.138. The fourth-order valence-electron chi connectivity index (χ4n) is 1.90. The monoisotopic (exact) mass is 310 g/mol. The molecule has 0 saturated carbocycles. The fraction of sp³-hybridized carbons (Fsp3) is 0.308. The Kier molecular flexibility index (Phi) is 4.04. The highest BCUT2D eigenvalue weighted by molar-refractivity contribution is 9.10.